The predicted molar refractivity (Wildman–Crippen MR) is 67.9 cm³/mol. The van der Waals surface area contributed by atoms with Crippen molar-refractivity contribution in [3.05, 3.63) is 35.9 Å². The van der Waals surface area contributed by atoms with Gasteiger partial charge < -0.3 is 9.84 Å². The number of likely N-dealkylation sites (tertiary alicyclic amines) is 1. The molecule has 1 aromatic carbocycles. The minimum absolute atomic E-state index is 0.117. The van der Waals surface area contributed by atoms with Gasteiger partial charge in [0.2, 0.25) is 0 Å². The molecule has 2 rings (SSSR count). The highest BCUT2D eigenvalue weighted by atomic mass is 16.5. The van der Waals surface area contributed by atoms with Gasteiger partial charge in [0.25, 0.3) is 0 Å². The Kier molecular flexibility index (Phi) is 4.73. The highest BCUT2D eigenvalue weighted by molar-refractivity contribution is 5.71. The van der Waals surface area contributed by atoms with Gasteiger partial charge in [-0.15, -0.1) is 0 Å². The Balaban J connectivity index is 1.75. The second kappa shape index (κ2) is 6.52. The smallest absolute Gasteiger partial charge is 0.320 e. The lowest BCUT2D eigenvalue weighted by Crippen LogP contribution is -2.37. The van der Waals surface area contributed by atoms with E-state index in [9.17, 15) is 4.79 Å². The van der Waals surface area contributed by atoms with Crippen LogP contribution in [0.5, 0.6) is 0 Å². The molecule has 0 bridgehead atoms. The maximum Gasteiger partial charge on any atom is 0.320 e. The third-order valence-corrected chi connectivity index (χ3v) is 3.28. The second-order valence-electron chi connectivity index (χ2n) is 4.60. The number of hydrogen-bond donors (Lipinski definition) is 1. The third kappa shape index (κ3) is 3.55. The number of hydrogen-bond acceptors (Lipinski definition) is 4. The van der Waals surface area contributed by atoms with Gasteiger partial charge >= 0.3 is 5.97 Å². The molecule has 0 aliphatic carbocycles. The maximum atomic E-state index is 11.7. The average Bonchev–Trinajstić information content (AvgIpc) is 2.85. The van der Waals surface area contributed by atoms with E-state index in [0.717, 1.165) is 24.9 Å². The van der Waals surface area contributed by atoms with Crippen molar-refractivity contribution in [3.63, 3.8) is 0 Å². The molecule has 1 aliphatic heterocycles. The first-order chi connectivity index (χ1) is 8.79. The largest absolute Gasteiger partial charge is 0.460 e. The fourth-order valence-corrected chi connectivity index (χ4v) is 2.26. The molecule has 1 N–H and O–H groups in total. The fourth-order valence-electron chi connectivity index (χ4n) is 2.26. The van der Waals surface area contributed by atoms with Crippen LogP contribution in [0.15, 0.2) is 30.3 Å². The van der Waals surface area contributed by atoms with Crippen molar-refractivity contribution in [3.8, 4) is 0 Å². The zero-order valence-electron chi connectivity index (χ0n) is 10.4. The summed E-state index contributed by atoms with van der Waals surface area (Å²) in [5.74, 6) is -0.223. The van der Waals surface area contributed by atoms with Crippen LogP contribution in [0.2, 0.25) is 0 Å². The van der Waals surface area contributed by atoms with Gasteiger partial charge in [0.15, 0.2) is 0 Å². The van der Waals surface area contributed by atoms with Crippen LogP contribution in [-0.4, -0.2) is 41.7 Å². The lowest BCUT2D eigenvalue weighted by Gasteiger charge is -2.21. The van der Waals surface area contributed by atoms with Crippen molar-refractivity contribution < 1.29 is 14.6 Å². The van der Waals surface area contributed by atoms with Crippen LogP contribution in [0.25, 0.3) is 0 Å². The molecule has 1 aliphatic rings. The number of benzene rings is 1. The van der Waals surface area contributed by atoms with Crippen LogP contribution < -0.4 is 0 Å². The summed E-state index contributed by atoms with van der Waals surface area (Å²) in [6.07, 6.45) is 2.00. The monoisotopic (exact) mass is 249 g/mol. The van der Waals surface area contributed by atoms with E-state index in [0.29, 0.717) is 6.61 Å². The maximum absolute atomic E-state index is 11.7. The normalized spacial score (nSPS) is 19.9. The second-order valence-corrected chi connectivity index (χ2v) is 4.60. The van der Waals surface area contributed by atoms with Crippen molar-refractivity contribution in [1.29, 1.82) is 0 Å². The number of carbonyl (C=O) groups excluding carboxylic acids is 1. The first kappa shape index (κ1) is 13.1. The average molecular weight is 249 g/mol. The number of nitrogens with zero attached hydrogens (tertiary/aromatic N) is 1. The SMILES string of the molecule is O=C(CN1CCC[C@H]1CO)OCc1ccccc1. The molecule has 4 nitrogen and oxygen atoms in total. The number of esters is 1. The molecule has 0 unspecified atom stereocenters. The molecule has 1 atom stereocenters. The van der Waals surface area contributed by atoms with E-state index >= 15 is 0 Å². The van der Waals surface area contributed by atoms with Crippen molar-refractivity contribution in [2.75, 3.05) is 19.7 Å². The molecule has 1 saturated heterocycles. The Morgan fingerprint density at radius 1 is 1.39 bits per heavy atom. The molecule has 0 saturated carbocycles. The fraction of sp³-hybridized carbons (Fsp3) is 0.500. The Morgan fingerprint density at radius 3 is 2.89 bits per heavy atom. The van der Waals surface area contributed by atoms with E-state index < -0.39 is 0 Å². The van der Waals surface area contributed by atoms with Gasteiger partial charge in [-0.1, -0.05) is 30.3 Å². The lowest BCUT2D eigenvalue weighted by atomic mass is 10.2. The van der Waals surface area contributed by atoms with Crippen LogP contribution in [0.3, 0.4) is 0 Å². The predicted octanol–water partition coefficient (Wildman–Crippen LogP) is 1.19. The number of aliphatic hydroxyl groups excluding tert-OH is 1. The molecule has 0 radical (unpaired) electrons. The third-order valence-electron chi connectivity index (χ3n) is 3.28. The van der Waals surface area contributed by atoms with E-state index in [1.54, 1.807) is 0 Å². The van der Waals surface area contributed by atoms with Crippen LogP contribution >= 0.6 is 0 Å². The van der Waals surface area contributed by atoms with Crippen LogP contribution in [0, 0.1) is 0 Å². The van der Waals surface area contributed by atoms with Crippen LogP contribution in [0.4, 0.5) is 0 Å². The van der Waals surface area contributed by atoms with E-state index in [2.05, 4.69) is 0 Å². The van der Waals surface area contributed by atoms with Gasteiger partial charge in [0.1, 0.15) is 6.61 Å². The van der Waals surface area contributed by atoms with Crippen molar-refractivity contribution in [2.24, 2.45) is 0 Å². The molecule has 0 aromatic heterocycles. The first-order valence-electron chi connectivity index (χ1n) is 6.34. The van der Waals surface area contributed by atoms with Crippen LogP contribution in [0.1, 0.15) is 18.4 Å². The summed E-state index contributed by atoms with van der Waals surface area (Å²) in [5, 5.41) is 9.16. The summed E-state index contributed by atoms with van der Waals surface area (Å²) in [7, 11) is 0. The van der Waals surface area contributed by atoms with Gasteiger partial charge in [-0.2, -0.15) is 0 Å². The molecule has 4 heteroatoms. The topological polar surface area (TPSA) is 49.8 Å². The summed E-state index contributed by atoms with van der Waals surface area (Å²) < 4.78 is 5.22. The van der Waals surface area contributed by atoms with Crippen molar-refractivity contribution in [1.82, 2.24) is 4.90 Å². The first-order valence-corrected chi connectivity index (χ1v) is 6.34. The zero-order valence-corrected chi connectivity index (χ0v) is 10.4. The molecular weight excluding hydrogens is 230 g/mol. The minimum Gasteiger partial charge on any atom is -0.460 e. The molecule has 18 heavy (non-hydrogen) atoms. The Hall–Kier alpha value is -1.39. The molecular formula is C14H19NO3. The summed E-state index contributed by atoms with van der Waals surface area (Å²) in [4.78, 5) is 13.7. The highest BCUT2D eigenvalue weighted by Crippen LogP contribution is 2.16. The van der Waals surface area contributed by atoms with Gasteiger partial charge in [-0.05, 0) is 24.9 Å². The number of aliphatic hydroxyl groups is 1. The van der Waals surface area contributed by atoms with Gasteiger partial charge in [0, 0.05) is 6.04 Å². The summed E-state index contributed by atoms with van der Waals surface area (Å²) in [6.45, 7) is 1.58. The molecule has 0 spiro atoms. The molecule has 1 heterocycles. The minimum atomic E-state index is -0.223. The number of carbonyl (C=O) groups is 1. The van der Waals surface area contributed by atoms with Crippen LogP contribution in [-0.2, 0) is 16.1 Å². The number of rotatable bonds is 5. The quantitative estimate of drug-likeness (QED) is 0.796. The summed E-state index contributed by atoms with van der Waals surface area (Å²) >= 11 is 0. The Morgan fingerprint density at radius 2 is 2.17 bits per heavy atom. The van der Waals surface area contributed by atoms with Crippen molar-refractivity contribution >= 4 is 5.97 Å². The van der Waals surface area contributed by atoms with Gasteiger partial charge in [0.05, 0.1) is 13.2 Å². The van der Waals surface area contributed by atoms with Crippen molar-refractivity contribution in [2.45, 2.75) is 25.5 Å². The van der Waals surface area contributed by atoms with Gasteiger partial charge in [-0.25, -0.2) is 0 Å². The highest BCUT2D eigenvalue weighted by Gasteiger charge is 2.25. The number of ether oxygens (including phenoxy) is 1. The summed E-state index contributed by atoms with van der Waals surface area (Å²) in [6, 6.07) is 9.76. The Bertz CT molecular complexity index is 380. The molecule has 1 fully saturated rings. The van der Waals surface area contributed by atoms with E-state index in [4.69, 9.17) is 9.84 Å². The lowest BCUT2D eigenvalue weighted by molar-refractivity contribution is -0.146. The van der Waals surface area contributed by atoms with E-state index in [1.807, 2.05) is 35.2 Å². The molecule has 98 valence electrons. The molecule has 1 aromatic rings. The van der Waals surface area contributed by atoms with Gasteiger partial charge in [-0.3, -0.25) is 9.69 Å². The van der Waals surface area contributed by atoms with E-state index in [-0.39, 0.29) is 25.2 Å². The standard InChI is InChI=1S/C14H19NO3/c16-10-13-7-4-8-15(13)9-14(17)18-11-12-5-2-1-3-6-12/h1-3,5-6,13,16H,4,7-11H2/t13-/m0/s1. The summed E-state index contributed by atoms with van der Waals surface area (Å²) in [5.41, 5.74) is 0.992. The Labute approximate surface area is 107 Å². The molecule has 0 amide bonds. The van der Waals surface area contributed by atoms with E-state index in [1.165, 1.54) is 0 Å². The zero-order chi connectivity index (χ0) is 12.8.